The smallest absolute Gasteiger partial charge is 0.252 e. The lowest BCUT2D eigenvalue weighted by Crippen LogP contribution is -2.41. The summed E-state index contributed by atoms with van der Waals surface area (Å²) in [4.78, 5) is 23.4. The molecule has 2 fully saturated rings. The van der Waals surface area contributed by atoms with Gasteiger partial charge in [0.05, 0.1) is 17.1 Å². The Morgan fingerprint density at radius 3 is 3.07 bits per heavy atom. The van der Waals surface area contributed by atoms with Crippen molar-refractivity contribution in [1.82, 2.24) is 20.2 Å². The van der Waals surface area contributed by atoms with Gasteiger partial charge in [0.1, 0.15) is 11.9 Å². The molecule has 2 aliphatic rings. The van der Waals surface area contributed by atoms with E-state index in [-0.39, 0.29) is 24.1 Å². The third kappa shape index (κ3) is 4.14. The van der Waals surface area contributed by atoms with Gasteiger partial charge in [-0.3, -0.25) is 4.79 Å². The number of fused-ring (bicyclic) bond motifs is 1. The molecule has 146 valence electrons. The molecule has 27 heavy (non-hydrogen) atoms. The Morgan fingerprint density at radius 2 is 2.33 bits per heavy atom. The maximum Gasteiger partial charge on any atom is 0.252 e. The van der Waals surface area contributed by atoms with E-state index in [1.807, 2.05) is 11.0 Å². The number of hydrogen-bond acceptors (Lipinski definition) is 4. The number of aromatic amines is 1. The largest absolute Gasteiger partial charge is 0.368 e. The average molecular weight is 482 g/mol. The average Bonchev–Trinajstić information content (AvgIpc) is 3.37. The number of H-pyrrole nitrogens is 1. The predicted octanol–water partition coefficient (Wildman–Crippen LogP) is 3.23. The van der Waals surface area contributed by atoms with Gasteiger partial charge in [0.2, 0.25) is 0 Å². The SMILES string of the molecule is CC(C)CN[C@@H]1C[C@@H](c2nc3ccc(I)cc3[nH]2)N(C(=O)[C@H]2CCCO2)C1. The quantitative estimate of drug-likeness (QED) is 0.643. The molecule has 2 saturated heterocycles. The van der Waals surface area contributed by atoms with Crippen molar-refractivity contribution in [2.75, 3.05) is 19.7 Å². The second kappa shape index (κ2) is 8.05. The van der Waals surface area contributed by atoms with Crippen molar-refractivity contribution in [2.45, 2.75) is 51.3 Å². The number of nitrogens with one attached hydrogen (secondary N) is 2. The fourth-order valence-electron chi connectivity index (χ4n) is 4.01. The van der Waals surface area contributed by atoms with E-state index in [1.54, 1.807) is 0 Å². The Bertz CT molecular complexity index is 815. The van der Waals surface area contributed by atoms with E-state index >= 15 is 0 Å². The number of hydrogen-bond donors (Lipinski definition) is 2. The Balaban J connectivity index is 1.59. The minimum atomic E-state index is -0.290. The maximum atomic E-state index is 13.1. The van der Waals surface area contributed by atoms with Crippen LogP contribution < -0.4 is 5.32 Å². The molecule has 0 radical (unpaired) electrons. The number of ether oxygens (including phenoxy) is 1. The minimum Gasteiger partial charge on any atom is -0.368 e. The van der Waals surface area contributed by atoms with Crippen molar-refractivity contribution in [1.29, 1.82) is 0 Å². The molecule has 0 bridgehead atoms. The minimum absolute atomic E-state index is 0.0311. The molecule has 1 aromatic heterocycles. The second-order valence-corrected chi connectivity index (χ2v) is 9.27. The summed E-state index contributed by atoms with van der Waals surface area (Å²) in [5.74, 6) is 1.58. The number of benzene rings is 1. The predicted molar refractivity (Wildman–Crippen MR) is 113 cm³/mol. The lowest BCUT2D eigenvalue weighted by Gasteiger charge is -2.25. The summed E-state index contributed by atoms with van der Waals surface area (Å²) in [7, 11) is 0. The summed E-state index contributed by atoms with van der Waals surface area (Å²) >= 11 is 2.31. The molecular weight excluding hydrogens is 455 g/mol. The molecule has 3 heterocycles. The van der Waals surface area contributed by atoms with Crippen molar-refractivity contribution in [3.63, 3.8) is 0 Å². The first-order chi connectivity index (χ1) is 13.0. The second-order valence-electron chi connectivity index (χ2n) is 8.03. The summed E-state index contributed by atoms with van der Waals surface area (Å²) < 4.78 is 6.85. The molecule has 0 saturated carbocycles. The number of imidazole rings is 1. The molecule has 2 aliphatic heterocycles. The van der Waals surface area contributed by atoms with Crippen molar-refractivity contribution in [2.24, 2.45) is 5.92 Å². The molecule has 7 heteroatoms. The maximum absolute atomic E-state index is 13.1. The van der Waals surface area contributed by atoms with E-state index in [4.69, 9.17) is 9.72 Å². The van der Waals surface area contributed by atoms with Crippen LogP contribution in [0.1, 0.15) is 45.0 Å². The molecule has 1 amide bonds. The van der Waals surface area contributed by atoms with E-state index in [9.17, 15) is 4.79 Å². The van der Waals surface area contributed by atoms with Crippen molar-refractivity contribution in [3.8, 4) is 0 Å². The molecular formula is C20H27IN4O2. The fraction of sp³-hybridized carbons (Fsp3) is 0.600. The summed E-state index contributed by atoms with van der Waals surface area (Å²) in [6.07, 6.45) is 2.38. The number of likely N-dealkylation sites (tertiary alicyclic amines) is 1. The van der Waals surface area contributed by atoms with Crippen LogP contribution in [0.25, 0.3) is 11.0 Å². The van der Waals surface area contributed by atoms with E-state index < -0.39 is 0 Å². The first-order valence-corrected chi connectivity index (χ1v) is 10.9. The third-order valence-electron chi connectivity index (χ3n) is 5.38. The molecule has 4 rings (SSSR count). The van der Waals surface area contributed by atoms with Crippen LogP contribution in [0.15, 0.2) is 18.2 Å². The van der Waals surface area contributed by atoms with Crippen molar-refractivity contribution < 1.29 is 9.53 Å². The third-order valence-corrected chi connectivity index (χ3v) is 6.05. The van der Waals surface area contributed by atoms with Gasteiger partial charge in [-0.05, 0) is 72.5 Å². The van der Waals surface area contributed by atoms with Gasteiger partial charge in [-0.2, -0.15) is 0 Å². The van der Waals surface area contributed by atoms with Crippen molar-refractivity contribution in [3.05, 3.63) is 27.6 Å². The highest BCUT2D eigenvalue weighted by atomic mass is 127. The van der Waals surface area contributed by atoms with Crippen LogP contribution >= 0.6 is 22.6 Å². The number of aromatic nitrogens is 2. The molecule has 2 N–H and O–H groups in total. The number of halogens is 1. The van der Waals surface area contributed by atoms with Gasteiger partial charge in [-0.25, -0.2) is 4.98 Å². The van der Waals surface area contributed by atoms with E-state index in [2.05, 4.69) is 58.9 Å². The summed E-state index contributed by atoms with van der Waals surface area (Å²) in [5.41, 5.74) is 1.98. The zero-order valence-electron chi connectivity index (χ0n) is 15.9. The number of amides is 1. The monoisotopic (exact) mass is 482 g/mol. The molecule has 0 spiro atoms. The van der Waals surface area contributed by atoms with Crippen LogP contribution in [0.2, 0.25) is 0 Å². The first kappa shape index (κ1) is 19.1. The highest BCUT2D eigenvalue weighted by molar-refractivity contribution is 14.1. The van der Waals surface area contributed by atoms with Crippen LogP contribution in [0.3, 0.4) is 0 Å². The molecule has 0 aliphatic carbocycles. The highest BCUT2D eigenvalue weighted by Crippen LogP contribution is 2.34. The zero-order chi connectivity index (χ0) is 19.0. The Hall–Kier alpha value is -1.19. The summed E-state index contributed by atoms with van der Waals surface area (Å²) in [5, 5.41) is 3.62. The highest BCUT2D eigenvalue weighted by Gasteiger charge is 2.41. The lowest BCUT2D eigenvalue weighted by molar-refractivity contribution is -0.142. The van der Waals surface area contributed by atoms with Crippen LogP contribution in [0, 0.1) is 9.49 Å². The van der Waals surface area contributed by atoms with E-state index in [0.29, 0.717) is 19.1 Å². The fourth-order valence-corrected chi connectivity index (χ4v) is 4.50. The summed E-state index contributed by atoms with van der Waals surface area (Å²) in [6.45, 7) is 6.76. The van der Waals surface area contributed by atoms with Gasteiger partial charge in [0, 0.05) is 22.8 Å². The molecule has 6 nitrogen and oxygen atoms in total. The zero-order valence-corrected chi connectivity index (χ0v) is 18.0. The van der Waals surface area contributed by atoms with Crippen LogP contribution in [0.4, 0.5) is 0 Å². The van der Waals surface area contributed by atoms with Gasteiger partial charge >= 0.3 is 0 Å². The lowest BCUT2D eigenvalue weighted by atomic mass is 10.1. The Morgan fingerprint density at radius 1 is 1.48 bits per heavy atom. The van der Waals surface area contributed by atoms with Gasteiger partial charge in [-0.15, -0.1) is 0 Å². The van der Waals surface area contributed by atoms with Crippen LogP contribution in [0.5, 0.6) is 0 Å². The number of rotatable bonds is 5. The molecule has 2 aromatic rings. The van der Waals surface area contributed by atoms with Gasteiger partial charge in [0.15, 0.2) is 0 Å². The standard InChI is InChI=1S/C20H27IN4O2/c1-12(2)10-22-14-9-17(25(11-14)20(26)18-4-3-7-27-18)19-23-15-6-5-13(21)8-16(15)24-19/h5-6,8,12,14,17-18,22H,3-4,7,9-11H2,1-2H3,(H,23,24)/t14-,17+,18-/m1/s1. The van der Waals surface area contributed by atoms with E-state index in [1.165, 1.54) is 3.57 Å². The summed E-state index contributed by atoms with van der Waals surface area (Å²) in [6, 6.07) is 6.45. The van der Waals surface area contributed by atoms with Crippen molar-refractivity contribution >= 4 is 39.5 Å². The topological polar surface area (TPSA) is 70.2 Å². The normalized spacial score (nSPS) is 25.8. The molecule has 1 aromatic carbocycles. The number of carbonyl (C=O) groups is 1. The van der Waals surface area contributed by atoms with Gasteiger partial charge in [0.25, 0.3) is 5.91 Å². The van der Waals surface area contributed by atoms with Gasteiger partial charge < -0.3 is 19.9 Å². The first-order valence-electron chi connectivity index (χ1n) is 9.82. The van der Waals surface area contributed by atoms with Crippen LogP contribution in [-0.2, 0) is 9.53 Å². The Labute approximate surface area is 173 Å². The Kier molecular flexibility index (Phi) is 5.70. The van der Waals surface area contributed by atoms with Gasteiger partial charge in [-0.1, -0.05) is 13.8 Å². The molecule has 3 atom stereocenters. The number of nitrogens with zero attached hydrogens (tertiary/aromatic N) is 2. The van der Waals surface area contributed by atoms with Crippen LogP contribution in [-0.4, -0.2) is 52.6 Å². The van der Waals surface area contributed by atoms with E-state index in [0.717, 1.165) is 42.7 Å². The molecule has 0 unspecified atom stereocenters. The number of carbonyl (C=O) groups excluding carboxylic acids is 1.